The van der Waals surface area contributed by atoms with E-state index in [1.807, 2.05) is 16.4 Å². The molecule has 1 aliphatic heterocycles. The molecule has 86 valence electrons. The highest BCUT2D eigenvalue weighted by atomic mass is 32.2. The molecule has 16 heavy (non-hydrogen) atoms. The molecule has 4 heteroatoms. The largest absolute Gasteiger partial charge is 0.296 e. The van der Waals surface area contributed by atoms with Crippen molar-refractivity contribution >= 4 is 18.0 Å². The second kappa shape index (κ2) is 4.24. The summed E-state index contributed by atoms with van der Waals surface area (Å²) < 4.78 is 2.02. The van der Waals surface area contributed by atoms with Gasteiger partial charge < -0.3 is 0 Å². The van der Waals surface area contributed by atoms with E-state index in [0.717, 1.165) is 29.9 Å². The molecule has 0 unspecified atom stereocenters. The minimum absolute atomic E-state index is 0.482. The molecule has 0 amide bonds. The molecule has 0 N–H and O–H groups in total. The van der Waals surface area contributed by atoms with Crippen molar-refractivity contribution in [3.05, 3.63) is 17.0 Å². The van der Waals surface area contributed by atoms with Gasteiger partial charge in [-0.1, -0.05) is 12.8 Å². The fourth-order valence-electron chi connectivity index (χ4n) is 2.78. The highest BCUT2D eigenvalue weighted by Gasteiger charge is 2.26. The van der Waals surface area contributed by atoms with Crippen LogP contribution in [-0.4, -0.2) is 21.8 Å². The van der Waals surface area contributed by atoms with Crippen LogP contribution < -0.4 is 0 Å². The lowest BCUT2D eigenvalue weighted by molar-refractivity contribution is 0.111. The smallest absolute Gasteiger partial charge is 0.168 e. The average Bonchev–Trinajstić information content (AvgIpc) is 2.95. The summed E-state index contributed by atoms with van der Waals surface area (Å²) in [5, 5.41) is 4.68. The van der Waals surface area contributed by atoms with E-state index in [9.17, 15) is 4.79 Å². The van der Waals surface area contributed by atoms with Crippen LogP contribution >= 0.6 is 11.8 Å². The van der Waals surface area contributed by atoms with Crippen LogP contribution in [0.15, 0.2) is 0 Å². The average molecular weight is 236 g/mol. The van der Waals surface area contributed by atoms with Crippen molar-refractivity contribution in [3.8, 4) is 0 Å². The number of carbonyl (C=O) groups excluding carboxylic acids is 1. The molecule has 0 atom stereocenters. The first kappa shape index (κ1) is 10.4. The first-order valence-electron chi connectivity index (χ1n) is 6.03. The number of hydrogen-bond acceptors (Lipinski definition) is 3. The van der Waals surface area contributed by atoms with Crippen LogP contribution in [0.5, 0.6) is 0 Å². The van der Waals surface area contributed by atoms with Gasteiger partial charge in [0.2, 0.25) is 0 Å². The van der Waals surface area contributed by atoms with E-state index in [1.165, 1.54) is 36.9 Å². The first-order valence-corrected chi connectivity index (χ1v) is 7.19. The monoisotopic (exact) mass is 236 g/mol. The van der Waals surface area contributed by atoms with Crippen LogP contribution in [-0.2, 0) is 12.2 Å². The SMILES string of the molecule is O=Cc1c2c(nn1C1CCCC1)CCSC2. The number of carbonyl (C=O) groups is 1. The van der Waals surface area contributed by atoms with Crippen LogP contribution in [0, 0.1) is 0 Å². The van der Waals surface area contributed by atoms with Crippen LogP contribution in [0.2, 0.25) is 0 Å². The summed E-state index contributed by atoms with van der Waals surface area (Å²) in [6, 6.07) is 0.482. The lowest BCUT2D eigenvalue weighted by Gasteiger charge is -2.11. The van der Waals surface area contributed by atoms with Crippen LogP contribution in [0.1, 0.15) is 53.5 Å². The van der Waals surface area contributed by atoms with E-state index in [0.29, 0.717) is 6.04 Å². The minimum atomic E-state index is 0.482. The number of nitrogens with zero attached hydrogens (tertiary/aromatic N) is 2. The zero-order valence-electron chi connectivity index (χ0n) is 9.32. The molecule has 1 aliphatic carbocycles. The number of fused-ring (bicyclic) bond motifs is 1. The maximum atomic E-state index is 11.2. The lowest BCUT2D eigenvalue weighted by atomic mass is 10.1. The Morgan fingerprint density at radius 1 is 1.38 bits per heavy atom. The third-order valence-electron chi connectivity index (χ3n) is 3.64. The highest BCUT2D eigenvalue weighted by Crippen LogP contribution is 2.33. The Kier molecular flexibility index (Phi) is 2.75. The zero-order valence-corrected chi connectivity index (χ0v) is 10.1. The Morgan fingerprint density at radius 2 is 2.19 bits per heavy atom. The number of hydrogen-bond donors (Lipinski definition) is 0. The second-order valence-electron chi connectivity index (χ2n) is 4.61. The highest BCUT2D eigenvalue weighted by molar-refractivity contribution is 7.98. The molecule has 1 aromatic heterocycles. The van der Waals surface area contributed by atoms with Gasteiger partial charge in [0.05, 0.1) is 11.7 Å². The number of aldehydes is 1. The van der Waals surface area contributed by atoms with Crippen molar-refractivity contribution in [1.82, 2.24) is 9.78 Å². The Bertz CT molecular complexity index is 407. The molecular weight excluding hydrogens is 220 g/mol. The molecule has 3 nitrogen and oxygen atoms in total. The van der Waals surface area contributed by atoms with Gasteiger partial charge in [-0.2, -0.15) is 16.9 Å². The fraction of sp³-hybridized carbons (Fsp3) is 0.667. The van der Waals surface area contributed by atoms with E-state index < -0.39 is 0 Å². The molecule has 0 radical (unpaired) electrons. The van der Waals surface area contributed by atoms with Crippen LogP contribution in [0.4, 0.5) is 0 Å². The van der Waals surface area contributed by atoms with E-state index in [-0.39, 0.29) is 0 Å². The van der Waals surface area contributed by atoms with Crippen molar-refractivity contribution in [2.75, 3.05) is 5.75 Å². The zero-order chi connectivity index (χ0) is 11.0. The van der Waals surface area contributed by atoms with Crippen molar-refractivity contribution in [1.29, 1.82) is 0 Å². The van der Waals surface area contributed by atoms with Gasteiger partial charge in [-0.3, -0.25) is 9.48 Å². The first-order chi connectivity index (χ1) is 7.90. The molecule has 2 aliphatic rings. The van der Waals surface area contributed by atoms with Gasteiger partial charge in [0.15, 0.2) is 6.29 Å². The molecule has 2 heterocycles. The van der Waals surface area contributed by atoms with E-state index >= 15 is 0 Å². The Hall–Kier alpha value is -0.770. The molecule has 0 bridgehead atoms. The summed E-state index contributed by atoms with van der Waals surface area (Å²) in [4.78, 5) is 11.2. The van der Waals surface area contributed by atoms with Gasteiger partial charge in [-0.05, 0) is 18.6 Å². The molecule has 3 rings (SSSR count). The second-order valence-corrected chi connectivity index (χ2v) is 5.72. The maximum absolute atomic E-state index is 11.2. The summed E-state index contributed by atoms with van der Waals surface area (Å²) in [7, 11) is 0. The lowest BCUT2D eigenvalue weighted by Crippen LogP contribution is -2.10. The van der Waals surface area contributed by atoms with Gasteiger partial charge in [0.25, 0.3) is 0 Å². The van der Waals surface area contributed by atoms with Gasteiger partial charge in [-0.25, -0.2) is 0 Å². The Balaban J connectivity index is 2.03. The normalized spacial score (nSPS) is 21.0. The van der Waals surface area contributed by atoms with Gasteiger partial charge in [0.1, 0.15) is 5.69 Å². The predicted molar refractivity (Wildman–Crippen MR) is 65.0 cm³/mol. The van der Waals surface area contributed by atoms with E-state index in [2.05, 4.69) is 5.10 Å². The van der Waals surface area contributed by atoms with Crippen LogP contribution in [0.25, 0.3) is 0 Å². The van der Waals surface area contributed by atoms with Crippen molar-refractivity contribution in [2.45, 2.75) is 43.9 Å². The van der Waals surface area contributed by atoms with Crippen molar-refractivity contribution < 1.29 is 4.79 Å². The predicted octanol–water partition coefficient (Wildman–Crippen LogP) is 2.60. The summed E-state index contributed by atoms with van der Waals surface area (Å²) >= 11 is 1.91. The maximum Gasteiger partial charge on any atom is 0.168 e. The van der Waals surface area contributed by atoms with Crippen molar-refractivity contribution in [2.24, 2.45) is 0 Å². The number of rotatable bonds is 2. The molecule has 1 fully saturated rings. The van der Waals surface area contributed by atoms with Gasteiger partial charge in [-0.15, -0.1) is 0 Å². The number of aromatic nitrogens is 2. The molecule has 0 saturated heterocycles. The van der Waals surface area contributed by atoms with E-state index in [4.69, 9.17) is 0 Å². The molecule has 0 aromatic carbocycles. The molecule has 1 saturated carbocycles. The summed E-state index contributed by atoms with van der Waals surface area (Å²) in [6.45, 7) is 0. The third kappa shape index (κ3) is 1.59. The molecule has 0 spiro atoms. The van der Waals surface area contributed by atoms with Crippen molar-refractivity contribution in [3.63, 3.8) is 0 Å². The topological polar surface area (TPSA) is 34.9 Å². The quantitative estimate of drug-likeness (QED) is 0.740. The Morgan fingerprint density at radius 3 is 2.94 bits per heavy atom. The van der Waals surface area contributed by atoms with Gasteiger partial charge in [0, 0.05) is 17.7 Å². The summed E-state index contributed by atoms with van der Waals surface area (Å²) in [5.74, 6) is 2.11. The number of thioether (sulfide) groups is 1. The summed E-state index contributed by atoms with van der Waals surface area (Å²) in [5.41, 5.74) is 3.24. The standard InChI is InChI=1S/C12H16N2OS/c15-7-12-10-8-16-6-5-11(10)13-14(12)9-3-1-2-4-9/h7,9H,1-6,8H2. The third-order valence-corrected chi connectivity index (χ3v) is 4.63. The van der Waals surface area contributed by atoms with E-state index in [1.54, 1.807) is 0 Å². The fourth-order valence-corrected chi connectivity index (χ4v) is 3.78. The minimum Gasteiger partial charge on any atom is -0.296 e. The van der Waals surface area contributed by atoms with Crippen LogP contribution in [0.3, 0.4) is 0 Å². The Labute approximate surface area is 99.6 Å². The molecule has 1 aromatic rings. The summed E-state index contributed by atoms with van der Waals surface area (Å²) in [6.07, 6.45) is 6.98. The van der Waals surface area contributed by atoms with Gasteiger partial charge >= 0.3 is 0 Å². The molecular formula is C12H16N2OS. The number of aryl methyl sites for hydroxylation is 1.